The number of rotatable bonds is 5. The van der Waals surface area contributed by atoms with Gasteiger partial charge in [-0.05, 0) is 46.6 Å². The summed E-state index contributed by atoms with van der Waals surface area (Å²) < 4.78 is 11.3. The molecule has 1 saturated heterocycles. The zero-order valence-corrected chi connectivity index (χ0v) is 14.3. The number of likely N-dealkylation sites (N-methyl/N-ethyl adjacent to an activating group) is 1. The summed E-state index contributed by atoms with van der Waals surface area (Å²) in [5.74, 6) is 2.96. The average Bonchev–Trinajstić information content (AvgIpc) is 2.79. The monoisotopic (exact) mass is 378 g/mol. The van der Waals surface area contributed by atoms with Gasteiger partial charge >= 0.3 is 6.03 Å². The summed E-state index contributed by atoms with van der Waals surface area (Å²) in [5, 5.41) is 2.54. The van der Waals surface area contributed by atoms with E-state index in [1.165, 1.54) is 7.11 Å². The summed E-state index contributed by atoms with van der Waals surface area (Å²) in [7, 11) is 1.50. The van der Waals surface area contributed by atoms with Crippen LogP contribution in [-0.4, -0.2) is 37.1 Å². The number of ether oxygens (including phenoxy) is 2. The lowest BCUT2D eigenvalue weighted by molar-refractivity contribution is -0.122. The van der Waals surface area contributed by atoms with Crippen molar-refractivity contribution >= 4 is 33.9 Å². The number of amides is 3. The molecule has 2 rings (SSSR count). The first-order valence-corrected chi connectivity index (χ1v) is 7.59. The van der Waals surface area contributed by atoms with Crippen molar-refractivity contribution in [2.75, 3.05) is 20.3 Å². The highest BCUT2D eigenvalue weighted by Crippen LogP contribution is 2.37. The molecule has 0 atom stereocenters. The second kappa shape index (κ2) is 7.20. The predicted octanol–water partition coefficient (Wildman–Crippen LogP) is 2.38. The highest BCUT2D eigenvalue weighted by atomic mass is 79.9. The molecule has 1 fully saturated rings. The second-order valence-electron chi connectivity index (χ2n) is 4.56. The highest BCUT2D eigenvalue weighted by Gasteiger charge is 2.32. The van der Waals surface area contributed by atoms with Gasteiger partial charge in [-0.1, -0.05) is 5.92 Å². The molecule has 3 amide bonds. The molecular formula is C16H15BrN2O4. The van der Waals surface area contributed by atoms with Crippen molar-refractivity contribution in [3.05, 3.63) is 27.9 Å². The van der Waals surface area contributed by atoms with E-state index in [9.17, 15) is 9.59 Å². The van der Waals surface area contributed by atoms with Crippen LogP contribution in [0.25, 0.3) is 6.08 Å². The molecule has 0 aromatic heterocycles. The van der Waals surface area contributed by atoms with Gasteiger partial charge in [0.25, 0.3) is 5.91 Å². The first kappa shape index (κ1) is 16.9. The smallest absolute Gasteiger partial charge is 0.328 e. The number of imide groups is 1. The molecule has 1 aromatic rings. The minimum Gasteiger partial charge on any atom is -0.493 e. The SMILES string of the molecule is C#CCOc1c(Br)cc(/C=C2/NC(=O)N(CC)C2=O)cc1OC. The Morgan fingerprint density at radius 2 is 2.17 bits per heavy atom. The molecule has 0 unspecified atom stereocenters. The third-order valence-electron chi connectivity index (χ3n) is 3.14. The van der Waals surface area contributed by atoms with E-state index in [0.717, 1.165) is 4.90 Å². The van der Waals surface area contributed by atoms with Crippen LogP contribution in [0.3, 0.4) is 0 Å². The summed E-state index contributed by atoms with van der Waals surface area (Å²) in [6.45, 7) is 2.15. The lowest BCUT2D eigenvalue weighted by Crippen LogP contribution is -2.30. The minimum atomic E-state index is -0.427. The van der Waals surface area contributed by atoms with Crippen LogP contribution in [0.5, 0.6) is 11.5 Å². The van der Waals surface area contributed by atoms with Gasteiger partial charge in [0.05, 0.1) is 11.6 Å². The zero-order valence-electron chi connectivity index (χ0n) is 12.7. The Balaban J connectivity index is 2.37. The molecular weight excluding hydrogens is 364 g/mol. The van der Waals surface area contributed by atoms with Crippen LogP contribution in [0.15, 0.2) is 22.3 Å². The maximum atomic E-state index is 12.1. The van der Waals surface area contributed by atoms with E-state index in [4.69, 9.17) is 15.9 Å². The number of benzene rings is 1. The van der Waals surface area contributed by atoms with Crippen LogP contribution in [0.1, 0.15) is 12.5 Å². The number of urea groups is 1. The van der Waals surface area contributed by atoms with Crippen molar-refractivity contribution in [2.45, 2.75) is 6.92 Å². The summed E-state index contributed by atoms with van der Waals surface area (Å²) in [4.78, 5) is 24.9. The number of hydrogen-bond acceptors (Lipinski definition) is 4. The standard InChI is InChI=1S/C16H15BrN2O4/c1-4-6-23-14-11(17)7-10(9-13(14)22-3)8-12-15(20)19(5-2)16(21)18-12/h1,7-9H,5-6H2,2-3H3,(H,18,21)/b12-8+. The van der Waals surface area contributed by atoms with E-state index >= 15 is 0 Å². The fourth-order valence-corrected chi connectivity index (χ4v) is 2.68. The molecule has 1 heterocycles. The summed E-state index contributed by atoms with van der Waals surface area (Å²) >= 11 is 3.39. The fourth-order valence-electron chi connectivity index (χ4n) is 2.10. The van der Waals surface area contributed by atoms with E-state index in [-0.39, 0.29) is 18.2 Å². The van der Waals surface area contributed by atoms with Gasteiger partial charge in [-0.25, -0.2) is 4.79 Å². The molecule has 0 aliphatic carbocycles. The lowest BCUT2D eigenvalue weighted by atomic mass is 10.1. The molecule has 23 heavy (non-hydrogen) atoms. The van der Waals surface area contributed by atoms with E-state index in [0.29, 0.717) is 28.1 Å². The first-order valence-electron chi connectivity index (χ1n) is 6.80. The van der Waals surface area contributed by atoms with Crippen LogP contribution in [0.4, 0.5) is 4.79 Å². The van der Waals surface area contributed by atoms with Crippen molar-refractivity contribution in [2.24, 2.45) is 0 Å². The van der Waals surface area contributed by atoms with Crippen LogP contribution < -0.4 is 14.8 Å². The summed E-state index contributed by atoms with van der Waals surface area (Å²) in [6, 6.07) is 3.01. The molecule has 1 N–H and O–H groups in total. The molecule has 120 valence electrons. The summed E-state index contributed by atoms with van der Waals surface area (Å²) in [6.07, 6.45) is 6.77. The number of nitrogens with one attached hydrogen (secondary N) is 1. The van der Waals surface area contributed by atoms with Gasteiger partial charge in [-0.3, -0.25) is 9.69 Å². The van der Waals surface area contributed by atoms with E-state index in [2.05, 4.69) is 27.2 Å². The van der Waals surface area contributed by atoms with E-state index < -0.39 is 6.03 Å². The van der Waals surface area contributed by atoms with Gasteiger partial charge in [0.2, 0.25) is 0 Å². The maximum Gasteiger partial charge on any atom is 0.328 e. The Hall–Kier alpha value is -2.46. The van der Waals surface area contributed by atoms with Gasteiger partial charge in [0, 0.05) is 6.54 Å². The molecule has 1 aliphatic rings. The number of terminal acetylenes is 1. The topological polar surface area (TPSA) is 67.9 Å². The van der Waals surface area contributed by atoms with E-state index in [1.54, 1.807) is 25.1 Å². The number of nitrogens with zero attached hydrogens (tertiary/aromatic N) is 1. The van der Waals surface area contributed by atoms with Gasteiger partial charge < -0.3 is 14.8 Å². The Morgan fingerprint density at radius 3 is 2.74 bits per heavy atom. The molecule has 0 spiro atoms. The lowest BCUT2D eigenvalue weighted by Gasteiger charge is -2.12. The third-order valence-corrected chi connectivity index (χ3v) is 3.73. The first-order chi connectivity index (χ1) is 11.0. The molecule has 0 radical (unpaired) electrons. The Morgan fingerprint density at radius 1 is 1.43 bits per heavy atom. The van der Waals surface area contributed by atoms with Crippen molar-refractivity contribution in [3.63, 3.8) is 0 Å². The normalized spacial score (nSPS) is 15.6. The maximum absolute atomic E-state index is 12.1. The van der Waals surface area contributed by atoms with Gasteiger partial charge in [0.1, 0.15) is 12.3 Å². The second-order valence-corrected chi connectivity index (χ2v) is 5.42. The highest BCUT2D eigenvalue weighted by molar-refractivity contribution is 9.10. The van der Waals surface area contributed by atoms with Gasteiger partial charge in [0.15, 0.2) is 11.5 Å². The fraction of sp³-hybridized carbons (Fsp3) is 0.250. The van der Waals surface area contributed by atoms with E-state index in [1.807, 2.05) is 0 Å². The average molecular weight is 379 g/mol. The van der Waals surface area contributed by atoms with Crippen molar-refractivity contribution in [3.8, 4) is 23.8 Å². The van der Waals surface area contributed by atoms with Gasteiger partial charge in [-0.15, -0.1) is 6.42 Å². The number of carbonyl (C=O) groups excluding carboxylic acids is 2. The quantitative estimate of drug-likeness (QED) is 0.485. The molecule has 1 aromatic carbocycles. The molecule has 6 nitrogen and oxygen atoms in total. The molecule has 1 aliphatic heterocycles. The molecule has 7 heteroatoms. The molecule has 0 saturated carbocycles. The van der Waals surface area contributed by atoms with Crippen LogP contribution >= 0.6 is 15.9 Å². The van der Waals surface area contributed by atoms with Crippen LogP contribution in [-0.2, 0) is 4.79 Å². The number of hydrogen-bond donors (Lipinski definition) is 1. The van der Waals surface area contributed by atoms with Crippen LogP contribution in [0.2, 0.25) is 0 Å². The Kier molecular flexibility index (Phi) is 5.29. The number of methoxy groups -OCH3 is 1. The molecule has 0 bridgehead atoms. The van der Waals surface area contributed by atoms with Crippen molar-refractivity contribution in [1.82, 2.24) is 10.2 Å². The van der Waals surface area contributed by atoms with Crippen molar-refractivity contribution in [1.29, 1.82) is 0 Å². The largest absolute Gasteiger partial charge is 0.493 e. The predicted molar refractivity (Wildman–Crippen MR) is 88.9 cm³/mol. The minimum absolute atomic E-state index is 0.107. The van der Waals surface area contributed by atoms with Gasteiger partial charge in [-0.2, -0.15) is 0 Å². The third kappa shape index (κ3) is 3.48. The van der Waals surface area contributed by atoms with Crippen molar-refractivity contribution < 1.29 is 19.1 Å². The zero-order chi connectivity index (χ0) is 17.0. The summed E-state index contributed by atoms with van der Waals surface area (Å²) in [5.41, 5.74) is 0.881. The van der Waals surface area contributed by atoms with Crippen LogP contribution in [0, 0.1) is 12.3 Å². The Labute approximate surface area is 142 Å². The number of halogens is 1. The Bertz CT molecular complexity index is 722. The number of carbonyl (C=O) groups is 2.